The minimum atomic E-state index is -0.275. The van der Waals surface area contributed by atoms with Gasteiger partial charge in [-0.3, -0.25) is 9.78 Å². The SMILES string of the molecule is O=C(Nc1cccc(-c2nncn2C2CC2)c1)c1cc(-n2ccnc2)ccn1. The second-order valence-corrected chi connectivity index (χ2v) is 6.70. The Morgan fingerprint density at radius 2 is 2.04 bits per heavy atom. The highest BCUT2D eigenvalue weighted by atomic mass is 16.1. The highest BCUT2D eigenvalue weighted by Crippen LogP contribution is 2.37. The van der Waals surface area contributed by atoms with Crippen molar-refractivity contribution in [2.24, 2.45) is 0 Å². The summed E-state index contributed by atoms with van der Waals surface area (Å²) in [7, 11) is 0. The number of rotatable bonds is 5. The van der Waals surface area contributed by atoms with Gasteiger partial charge in [-0.2, -0.15) is 0 Å². The summed E-state index contributed by atoms with van der Waals surface area (Å²) in [6, 6.07) is 11.6. The number of pyridine rings is 1. The lowest BCUT2D eigenvalue weighted by Gasteiger charge is -2.09. The zero-order chi connectivity index (χ0) is 18.9. The van der Waals surface area contributed by atoms with Gasteiger partial charge in [-0.05, 0) is 37.1 Å². The maximum Gasteiger partial charge on any atom is 0.274 e. The predicted octanol–water partition coefficient (Wildman–Crippen LogP) is 3.11. The minimum absolute atomic E-state index is 0.275. The van der Waals surface area contributed by atoms with Crippen molar-refractivity contribution < 1.29 is 4.79 Å². The van der Waals surface area contributed by atoms with E-state index in [1.165, 1.54) is 0 Å². The summed E-state index contributed by atoms with van der Waals surface area (Å²) in [5, 5.41) is 11.2. The van der Waals surface area contributed by atoms with Crippen LogP contribution in [0.3, 0.4) is 0 Å². The fourth-order valence-electron chi connectivity index (χ4n) is 3.12. The number of amides is 1. The van der Waals surface area contributed by atoms with Crippen LogP contribution in [0.5, 0.6) is 0 Å². The highest BCUT2D eigenvalue weighted by Gasteiger charge is 2.26. The van der Waals surface area contributed by atoms with Crippen molar-refractivity contribution >= 4 is 11.6 Å². The Morgan fingerprint density at radius 1 is 1.11 bits per heavy atom. The van der Waals surface area contributed by atoms with E-state index in [1.54, 1.807) is 31.1 Å². The molecule has 0 aliphatic heterocycles. The van der Waals surface area contributed by atoms with Crippen molar-refractivity contribution in [2.75, 3.05) is 5.32 Å². The van der Waals surface area contributed by atoms with Gasteiger partial charge in [0.2, 0.25) is 0 Å². The Bertz CT molecular complexity index is 1130. The molecule has 1 aromatic carbocycles. The van der Waals surface area contributed by atoms with E-state index in [0.29, 0.717) is 17.4 Å². The zero-order valence-corrected chi connectivity index (χ0v) is 14.9. The van der Waals surface area contributed by atoms with Gasteiger partial charge < -0.3 is 14.5 Å². The molecule has 138 valence electrons. The average molecular weight is 371 g/mol. The molecular weight excluding hydrogens is 354 g/mol. The number of hydrogen-bond donors (Lipinski definition) is 1. The molecule has 1 aliphatic rings. The molecule has 0 saturated heterocycles. The number of hydrogen-bond acceptors (Lipinski definition) is 5. The Kier molecular flexibility index (Phi) is 3.93. The zero-order valence-electron chi connectivity index (χ0n) is 14.9. The molecule has 0 unspecified atom stereocenters. The molecule has 5 rings (SSSR count). The molecule has 1 saturated carbocycles. The second kappa shape index (κ2) is 6.73. The Hall–Kier alpha value is -3.81. The molecule has 8 nitrogen and oxygen atoms in total. The van der Waals surface area contributed by atoms with Crippen LogP contribution in [0.25, 0.3) is 17.1 Å². The van der Waals surface area contributed by atoms with Gasteiger partial charge in [0.25, 0.3) is 5.91 Å². The van der Waals surface area contributed by atoms with Crippen molar-refractivity contribution in [1.82, 2.24) is 29.3 Å². The molecule has 28 heavy (non-hydrogen) atoms. The summed E-state index contributed by atoms with van der Waals surface area (Å²) >= 11 is 0. The minimum Gasteiger partial charge on any atom is -0.321 e. The van der Waals surface area contributed by atoms with Crippen LogP contribution in [0.1, 0.15) is 29.4 Å². The van der Waals surface area contributed by atoms with Crippen LogP contribution >= 0.6 is 0 Å². The molecule has 1 fully saturated rings. The molecule has 3 heterocycles. The maximum atomic E-state index is 12.7. The summed E-state index contributed by atoms with van der Waals surface area (Å²) in [6.45, 7) is 0. The topological polar surface area (TPSA) is 90.5 Å². The van der Waals surface area contributed by atoms with E-state index in [-0.39, 0.29) is 5.91 Å². The standard InChI is InChI=1S/C20H17N7O/c28-20(18-11-17(6-7-22-18)26-9-8-21-12-26)24-15-3-1-2-14(10-15)19-25-23-13-27(19)16-4-5-16/h1-3,6-13,16H,4-5H2,(H,24,28). The lowest BCUT2D eigenvalue weighted by molar-refractivity contribution is 0.102. The van der Waals surface area contributed by atoms with Crippen molar-refractivity contribution in [1.29, 1.82) is 0 Å². The molecule has 1 aliphatic carbocycles. The monoisotopic (exact) mass is 371 g/mol. The first-order valence-corrected chi connectivity index (χ1v) is 9.03. The van der Waals surface area contributed by atoms with Gasteiger partial charge in [0, 0.05) is 35.9 Å². The summed E-state index contributed by atoms with van der Waals surface area (Å²) in [5.41, 5.74) is 2.76. The van der Waals surface area contributed by atoms with Crippen LogP contribution in [-0.2, 0) is 0 Å². The summed E-state index contributed by atoms with van der Waals surface area (Å²) in [5.74, 6) is 0.543. The molecule has 0 spiro atoms. The largest absolute Gasteiger partial charge is 0.321 e. The van der Waals surface area contributed by atoms with Crippen LogP contribution in [0.4, 0.5) is 5.69 Å². The number of nitrogens with one attached hydrogen (secondary N) is 1. The van der Waals surface area contributed by atoms with Gasteiger partial charge >= 0.3 is 0 Å². The fraction of sp³-hybridized carbons (Fsp3) is 0.150. The number of imidazole rings is 1. The van der Waals surface area contributed by atoms with Gasteiger partial charge in [-0.25, -0.2) is 4.98 Å². The Balaban J connectivity index is 1.38. The van der Waals surface area contributed by atoms with Crippen LogP contribution in [-0.4, -0.2) is 35.2 Å². The van der Waals surface area contributed by atoms with Crippen molar-refractivity contribution in [3.8, 4) is 17.1 Å². The summed E-state index contributed by atoms with van der Waals surface area (Å²) in [6.07, 6.45) is 10.9. The third-order valence-corrected chi connectivity index (χ3v) is 4.67. The van der Waals surface area contributed by atoms with E-state index >= 15 is 0 Å². The highest BCUT2D eigenvalue weighted by molar-refractivity contribution is 6.03. The van der Waals surface area contributed by atoms with Crippen LogP contribution in [0.15, 0.2) is 67.6 Å². The van der Waals surface area contributed by atoms with Gasteiger partial charge in [-0.1, -0.05) is 12.1 Å². The van der Waals surface area contributed by atoms with E-state index in [1.807, 2.05) is 41.1 Å². The maximum absolute atomic E-state index is 12.7. The van der Waals surface area contributed by atoms with Crippen molar-refractivity contribution in [3.63, 3.8) is 0 Å². The molecule has 0 bridgehead atoms. The summed E-state index contributed by atoms with van der Waals surface area (Å²) < 4.78 is 3.92. The predicted molar refractivity (Wildman–Crippen MR) is 103 cm³/mol. The van der Waals surface area contributed by atoms with Gasteiger partial charge in [0.15, 0.2) is 5.82 Å². The van der Waals surface area contributed by atoms with E-state index in [9.17, 15) is 4.79 Å². The number of carbonyl (C=O) groups excluding carboxylic acids is 1. The Morgan fingerprint density at radius 3 is 2.86 bits per heavy atom. The molecule has 4 aromatic rings. The third-order valence-electron chi connectivity index (χ3n) is 4.67. The molecule has 0 radical (unpaired) electrons. The molecule has 1 amide bonds. The van der Waals surface area contributed by atoms with E-state index < -0.39 is 0 Å². The van der Waals surface area contributed by atoms with E-state index in [4.69, 9.17) is 0 Å². The van der Waals surface area contributed by atoms with Gasteiger partial charge in [-0.15, -0.1) is 10.2 Å². The third kappa shape index (κ3) is 3.16. The number of aromatic nitrogens is 6. The number of benzene rings is 1. The summed E-state index contributed by atoms with van der Waals surface area (Å²) in [4.78, 5) is 20.9. The first-order valence-electron chi connectivity index (χ1n) is 9.03. The van der Waals surface area contributed by atoms with Crippen molar-refractivity contribution in [2.45, 2.75) is 18.9 Å². The lowest BCUT2D eigenvalue weighted by Crippen LogP contribution is -2.14. The first kappa shape index (κ1) is 16.4. The number of anilines is 1. The normalized spacial score (nSPS) is 13.4. The number of carbonyl (C=O) groups is 1. The number of nitrogens with zero attached hydrogens (tertiary/aromatic N) is 6. The molecular formula is C20H17N7O. The lowest BCUT2D eigenvalue weighted by atomic mass is 10.2. The molecule has 0 atom stereocenters. The first-order chi connectivity index (χ1) is 13.8. The quantitative estimate of drug-likeness (QED) is 0.582. The van der Waals surface area contributed by atoms with Crippen LogP contribution < -0.4 is 5.32 Å². The smallest absolute Gasteiger partial charge is 0.274 e. The van der Waals surface area contributed by atoms with E-state index in [0.717, 1.165) is 29.9 Å². The molecule has 8 heteroatoms. The average Bonchev–Trinajstić information content (AvgIpc) is 3.21. The second-order valence-electron chi connectivity index (χ2n) is 6.70. The van der Waals surface area contributed by atoms with Crippen molar-refractivity contribution in [3.05, 3.63) is 73.3 Å². The van der Waals surface area contributed by atoms with Crippen LogP contribution in [0, 0.1) is 0 Å². The van der Waals surface area contributed by atoms with Gasteiger partial charge in [0.1, 0.15) is 12.0 Å². The van der Waals surface area contributed by atoms with Crippen LogP contribution in [0.2, 0.25) is 0 Å². The Labute approximate surface area is 160 Å². The molecule has 1 N–H and O–H groups in total. The van der Waals surface area contributed by atoms with Gasteiger partial charge in [0.05, 0.1) is 12.0 Å². The fourth-order valence-corrected chi connectivity index (χ4v) is 3.12. The van der Waals surface area contributed by atoms with E-state index in [2.05, 4.69) is 30.0 Å². The molecule has 3 aromatic heterocycles.